The number of hydrogen-bond donors (Lipinski definition) is 1. The molecule has 0 atom stereocenters. The Balaban J connectivity index is 2.14. The smallest absolute Gasteiger partial charge is 0.255 e. The number of methoxy groups -OCH3 is 1. The van der Waals surface area contributed by atoms with Crippen LogP contribution < -0.4 is 15.2 Å². The summed E-state index contributed by atoms with van der Waals surface area (Å²) in [4.78, 5) is 23.3. The van der Waals surface area contributed by atoms with E-state index in [2.05, 4.69) is 32.9 Å². The predicted molar refractivity (Wildman–Crippen MR) is 106 cm³/mol. The Hall–Kier alpha value is -3.08. The molecule has 142 valence electrons. The van der Waals surface area contributed by atoms with Crippen LogP contribution in [0.25, 0.3) is 6.08 Å². The van der Waals surface area contributed by atoms with E-state index >= 15 is 0 Å². The zero-order chi connectivity index (χ0) is 20.0. The van der Waals surface area contributed by atoms with Crippen molar-refractivity contribution in [3.63, 3.8) is 0 Å². The molecule has 2 aromatic carbocycles. The lowest BCUT2D eigenvalue weighted by Gasteiger charge is -2.18. The molecule has 0 saturated carbocycles. The van der Waals surface area contributed by atoms with Crippen molar-refractivity contribution in [2.75, 3.05) is 13.7 Å². The molecule has 0 aromatic heterocycles. The Kier molecular flexibility index (Phi) is 6.40. The summed E-state index contributed by atoms with van der Waals surface area (Å²) >= 11 is 0. The molecule has 0 aliphatic heterocycles. The number of amides is 1. The van der Waals surface area contributed by atoms with Crippen molar-refractivity contribution in [2.24, 2.45) is 5.73 Å². The number of allylic oxidation sites excluding steroid dienone is 1. The highest BCUT2D eigenvalue weighted by molar-refractivity contribution is 6.08. The lowest BCUT2D eigenvalue weighted by molar-refractivity contribution is -0.119. The van der Waals surface area contributed by atoms with Crippen molar-refractivity contribution >= 4 is 17.8 Å². The van der Waals surface area contributed by atoms with Crippen molar-refractivity contribution in [3.05, 3.63) is 65.2 Å². The fraction of sp³-hybridized carbons (Fsp3) is 0.273. The van der Waals surface area contributed by atoms with Gasteiger partial charge in [-0.3, -0.25) is 9.59 Å². The Morgan fingerprint density at radius 3 is 2.30 bits per heavy atom. The van der Waals surface area contributed by atoms with Gasteiger partial charge in [-0.1, -0.05) is 51.1 Å². The fourth-order valence-electron chi connectivity index (χ4n) is 2.48. The molecule has 5 nitrogen and oxygen atoms in total. The number of rotatable bonds is 7. The minimum atomic E-state index is -0.575. The van der Waals surface area contributed by atoms with Crippen molar-refractivity contribution < 1.29 is 19.1 Å². The van der Waals surface area contributed by atoms with Crippen LogP contribution in [0, 0.1) is 0 Å². The predicted octanol–water partition coefficient (Wildman–Crippen LogP) is 3.75. The molecule has 2 rings (SSSR count). The first-order valence-corrected chi connectivity index (χ1v) is 8.63. The summed E-state index contributed by atoms with van der Waals surface area (Å²) in [5.41, 5.74) is 7.73. The number of nitrogens with two attached hydrogens (primary N) is 1. The average molecular weight is 367 g/mol. The molecule has 0 bridgehead atoms. The van der Waals surface area contributed by atoms with E-state index < -0.39 is 5.91 Å². The number of benzene rings is 2. The summed E-state index contributed by atoms with van der Waals surface area (Å²) in [6.45, 7) is 6.24. The standard InChI is InChI=1S/C22H25NO4/c1-22(2,3)16-8-5-15(6-9-16)7-12-19(24)18-11-10-17(13-20(18)26-4)27-14-21(23)25/h5-13H,14H2,1-4H3,(H2,23,25)/b12-7+. The number of ketones is 1. The van der Waals surface area contributed by atoms with Gasteiger partial charge >= 0.3 is 0 Å². The van der Waals surface area contributed by atoms with Crippen molar-refractivity contribution in [1.82, 2.24) is 0 Å². The third-order valence-electron chi connectivity index (χ3n) is 4.02. The highest BCUT2D eigenvalue weighted by Gasteiger charge is 2.13. The van der Waals surface area contributed by atoms with Crippen LogP contribution in [0.15, 0.2) is 48.5 Å². The van der Waals surface area contributed by atoms with Crippen LogP contribution in [0.5, 0.6) is 11.5 Å². The maximum Gasteiger partial charge on any atom is 0.255 e. The molecule has 27 heavy (non-hydrogen) atoms. The van der Waals surface area contributed by atoms with Crippen molar-refractivity contribution in [3.8, 4) is 11.5 Å². The first-order chi connectivity index (χ1) is 12.7. The van der Waals surface area contributed by atoms with Gasteiger partial charge in [0.25, 0.3) is 5.91 Å². The van der Waals surface area contributed by atoms with Gasteiger partial charge in [-0.05, 0) is 34.8 Å². The highest BCUT2D eigenvalue weighted by atomic mass is 16.5. The van der Waals surface area contributed by atoms with Gasteiger partial charge in [-0.25, -0.2) is 0 Å². The molecule has 0 radical (unpaired) electrons. The summed E-state index contributed by atoms with van der Waals surface area (Å²) in [7, 11) is 1.47. The minimum absolute atomic E-state index is 0.0871. The van der Waals surface area contributed by atoms with Gasteiger partial charge in [0.2, 0.25) is 0 Å². The molecule has 0 aliphatic carbocycles. The van der Waals surface area contributed by atoms with E-state index in [1.165, 1.54) is 18.7 Å². The lowest BCUT2D eigenvalue weighted by Crippen LogP contribution is -2.20. The first kappa shape index (κ1) is 20.2. The van der Waals surface area contributed by atoms with E-state index in [0.29, 0.717) is 17.1 Å². The van der Waals surface area contributed by atoms with E-state index in [9.17, 15) is 9.59 Å². The van der Waals surface area contributed by atoms with Gasteiger partial charge in [0.15, 0.2) is 12.4 Å². The topological polar surface area (TPSA) is 78.6 Å². The average Bonchev–Trinajstić information content (AvgIpc) is 2.63. The van der Waals surface area contributed by atoms with Crippen molar-refractivity contribution in [2.45, 2.75) is 26.2 Å². The molecular formula is C22H25NO4. The number of ether oxygens (including phenoxy) is 2. The third kappa shape index (κ3) is 5.71. The number of carbonyl (C=O) groups excluding carboxylic acids is 2. The Morgan fingerprint density at radius 1 is 1.07 bits per heavy atom. The lowest BCUT2D eigenvalue weighted by atomic mass is 9.87. The molecule has 2 N–H and O–H groups in total. The van der Waals surface area contributed by atoms with E-state index in [1.54, 1.807) is 24.3 Å². The Morgan fingerprint density at radius 2 is 1.74 bits per heavy atom. The maximum absolute atomic E-state index is 12.5. The van der Waals surface area contributed by atoms with E-state index in [1.807, 2.05) is 12.1 Å². The molecule has 0 heterocycles. The molecule has 1 amide bonds. The summed E-state index contributed by atoms with van der Waals surface area (Å²) in [6.07, 6.45) is 3.28. The van der Waals surface area contributed by atoms with Gasteiger partial charge in [0, 0.05) is 6.07 Å². The van der Waals surface area contributed by atoms with Crippen LogP contribution in [-0.4, -0.2) is 25.4 Å². The maximum atomic E-state index is 12.5. The monoisotopic (exact) mass is 367 g/mol. The van der Waals surface area contributed by atoms with Gasteiger partial charge in [-0.2, -0.15) is 0 Å². The highest BCUT2D eigenvalue weighted by Crippen LogP contribution is 2.26. The van der Waals surface area contributed by atoms with Crippen LogP contribution in [0.3, 0.4) is 0 Å². The number of hydrogen-bond acceptors (Lipinski definition) is 4. The molecule has 0 saturated heterocycles. The SMILES string of the molecule is COc1cc(OCC(N)=O)ccc1C(=O)/C=C/c1ccc(C(C)(C)C)cc1. The molecule has 5 heteroatoms. The zero-order valence-electron chi connectivity index (χ0n) is 16.1. The quantitative estimate of drug-likeness (QED) is 0.597. The fourth-order valence-corrected chi connectivity index (χ4v) is 2.48. The Bertz CT molecular complexity index is 846. The van der Waals surface area contributed by atoms with E-state index in [0.717, 1.165) is 5.56 Å². The summed E-state index contributed by atoms with van der Waals surface area (Å²) in [5, 5.41) is 0. The van der Waals surface area contributed by atoms with Crippen LogP contribution >= 0.6 is 0 Å². The van der Waals surface area contributed by atoms with Crippen LogP contribution in [0.4, 0.5) is 0 Å². The van der Waals surface area contributed by atoms with Crippen LogP contribution in [0.1, 0.15) is 42.3 Å². The normalized spacial score (nSPS) is 11.4. The minimum Gasteiger partial charge on any atom is -0.496 e. The number of primary amides is 1. The molecule has 0 fully saturated rings. The second-order valence-electron chi connectivity index (χ2n) is 7.19. The largest absolute Gasteiger partial charge is 0.496 e. The number of carbonyl (C=O) groups is 2. The van der Waals surface area contributed by atoms with Gasteiger partial charge in [0.05, 0.1) is 12.7 Å². The zero-order valence-corrected chi connectivity index (χ0v) is 16.1. The van der Waals surface area contributed by atoms with Crippen LogP contribution in [0.2, 0.25) is 0 Å². The summed E-state index contributed by atoms with van der Waals surface area (Å²) in [6, 6.07) is 12.9. The van der Waals surface area contributed by atoms with Gasteiger partial charge < -0.3 is 15.2 Å². The summed E-state index contributed by atoms with van der Waals surface area (Å²) in [5.74, 6) is 0.0152. The molecule has 2 aromatic rings. The molecule has 0 aliphatic rings. The molecule has 0 spiro atoms. The third-order valence-corrected chi connectivity index (χ3v) is 4.02. The first-order valence-electron chi connectivity index (χ1n) is 8.63. The Labute approximate surface area is 159 Å². The second kappa shape index (κ2) is 8.54. The van der Waals surface area contributed by atoms with Gasteiger partial charge in [0.1, 0.15) is 11.5 Å². The summed E-state index contributed by atoms with van der Waals surface area (Å²) < 4.78 is 10.5. The van der Waals surface area contributed by atoms with Gasteiger partial charge in [-0.15, -0.1) is 0 Å². The van der Waals surface area contributed by atoms with Crippen molar-refractivity contribution in [1.29, 1.82) is 0 Å². The second-order valence-corrected chi connectivity index (χ2v) is 7.19. The molecule has 0 unspecified atom stereocenters. The molecular weight excluding hydrogens is 342 g/mol. The van der Waals surface area contributed by atoms with E-state index in [4.69, 9.17) is 15.2 Å². The van der Waals surface area contributed by atoms with Crippen LogP contribution in [-0.2, 0) is 10.2 Å². The van der Waals surface area contributed by atoms with E-state index in [-0.39, 0.29) is 17.8 Å².